The van der Waals surface area contributed by atoms with Gasteiger partial charge >= 0.3 is 7.12 Å². The van der Waals surface area contributed by atoms with E-state index >= 15 is 0 Å². The quantitative estimate of drug-likeness (QED) is 0.836. The van der Waals surface area contributed by atoms with Crippen LogP contribution in [0.2, 0.25) is 0 Å². The van der Waals surface area contributed by atoms with Crippen LogP contribution in [0.4, 0.5) is 5.69 Å². The Kier molecular flexibility index (Phi) is 3.84. The monoisotopic (exact) mass is 277 g/mol. The van der Waals surface area contributed by atoms with E-state index in [2.05, 4.69) is 9.88 Å². The van der Waals surface area contributed by atoms with E-state index < -0.39 is 7.12 Å². The third-order valence-electron chi connectivity index (χ3n) is 3.99. The van der Waals surface area contributed by atoms with E-state index in [1.165, 1.54) is 0 Å². The van der Waals surface area contributed by atoms with Crippen LogP contribution in [0.25, 0.3) is 0 Å². The number of nitrogen functional groups attached to an aromatic ring is 1. The summed E-state index contributed by atoms with van der Waals surface area (Å²) in [6.45, 7) is 8.90. The summed E-state index contributed by atoms with van der Waals surface area (Å²) in [5.74, 6) is 0. The first-order valence-electron chi connectivity index (χ1n) is 6.87. The SMILES string of the molecule is CN(C)Cc1cc(N)cnc1B1OC(C)(C)C(C)(C)O1. The third-order valence-corrected chi connectivity index (χ3v) is 3.99. The largest absolute Gasteiger partial charge is 0.514 e. The number of rotatable bonds is 3. The van der Waals surface area contributed by atoms with Crippen molar-refractivity contribution in [3.05, 3.63) is 17.8 Å². The zero-order valence-electron chi connectivity index (χ0n) is 13.2. The second kappa shape index (κ2) is 5.02. The van der Waals surface area contributed by atoms with Crippen LogP contribution in [0.5, 0.6) is 0 Å². The van der Waals surface area contributed by atoms with E-state index in [4.69, 9.17) is 15.0 Å². The normalized spacial score (nSPS) is 20.6. The van der Waals surface area contributed by atoms with Crippen LogP contribution in [-0.4, -0.2) is 42.3 Å². The van der Waals surface area contributed by atoms with E-state index in [0.29, 0.717) is 5.69 Å². The van der Waals surface area contributed by atoms with E-state index in [-0.39, 0.29) is 11.2 Å². The van der Waals surface area contributed by atoms with Gasteiger partial charge in [0, 0.05) is 12.7 Å². The minimum Gasteiger partial charge on any atom is -0.398 e. The molecular weight excluding hydrogens is 253 g/mol. The molecule has 1 aliphatic rings. The molecule has 0 unspecified atom stereocenters. The van der Waals surface area contributed by atoms with Crippen molar-refractivity contribution in [1.29, 1.82) is 0 Å². The van der Waals surface area contributed by atoms with Crippen molar-refractivity contribution >= 4 is 18.4 Å². The van der Waals surface area contributed by atoms with Gasteiger partial charge in [0.25, 0.3) is 0 Å². The van der Waals surface area contributed by atoms with E-state index in [1.807, 2.05) is 47.9 Å². The van der Waals surface area contributed by atoms with Gasteiger partial charge in [0.2, 0.25) is 0 Å². The van der Waals surface area contributed by atoms with Gasteiger partial charge in [-0.15, -0.1) is 0 Å². The molecule has 6 heteroatoms. The van der Waals surface area contributed by atoms with E-state index in [0.717, 1.165) is 17.7 Å². The third kappa shape index (κ3) is 2.82. The summed E-state index contributed by atoms with van der Waals surface area (Å²) >= 11 is 0. The molecule has 2 heterocycles. The highest BCUT2D eigenvalue weighted by Crippen LogP contribution is 2.36. The molecule has 1 saturated heterocycles. The van der Waals surface area contributed by atoms with Crippen molar-refractivity contribution in [2.45, 2.75) is 45.4 Å². The van der Waals surface area contributed by atoms with Crippen molar-refractivity contribution in [2.75, 3.05) is 19.8 Å². The Morgan fingerprint density at radius 3 is 2.25 bits per heavy atom. The first-order chi connectivity index (χ1) is 9.12. The zero-order chi connectivity index (χ0) is 15.1. The van der Waals surface area contributed by atoms with Gasteiger partial charge in [-0.1, -0.05) is 0 Å². The molecule has 0 aliphatic carbocycles. The fourth-order valence-corrected chi connectivity index (χ4v) is 2.17. The van der Waals surface area contributed by atoms with Crippen molar-refractivity contribution < 1.29 is 9.31 Å². The maximum Gasteiger partial charge on any atom is 0.514 e. The summed E-state index contributed by atoms with van der Waals surface area (Å²) in [6.07, 6.45) is 1.65. The number of hydrogen-bond donors (Lipinski definition) is 1. The smallest absolute Gasteiger partial charge is 0.398 e. The lowest BCUT2D eigenvalue weighted by Gasteiger charge is -2.32. The highest BCUT2D eigenvalue weighted by molar-refractivity contribution is 6.61. The van der Waals surface area contributed by atoms with Crippen molar-refractivity contribution in [1.82, 2.24) is 9.88 Å². The number of nitrogens with zero attached hydrogens (tertiary/aromatic N) is 2. The molecule has 110 valence electrons. The van der Waals surface area contributed by atoms with Gasteiger partial charge < -0.3 is 19.9 Å². The molecule has 0 atom stereocenters. The lowest BCUT2D eigenvalue weighted by molar-refractivity contribution is 0.00578. The second-order valence-corrected chi connectivity index (χ2v) is 6.64. The average Bonchev–Trinajstić information content (AvgIpc) is 2.46. The van der Waals surface area contributed by atoms with Gasteiger partial charge in [-0.3, -0.25) is 4.98 Å². The van der Waals surface area contributed by atoms with Gasteiger partial charge in [0.05, 0.1) is 22.5 Å². The standard InChI is InChI=1S/C14H24BN3O2/c1-13(2)14(3,4)20-15(19-13)12-10(9-18(5)6)7-11(16)8-17-12/h7-8H,9,16H2,1-6H3. The molecule has 0 aromatic carbocycles. The molecule has 20 heavy (non-hydrogen) atoms. The lowest BCUT2D eigenvalue weighted by atomic mass is 9.80. The summed E-state index contributed by atoms with van der Waals surface area (Å²) in [7, 11) is 3.57. The van der Waals surface area contributed by atoms with E-state index in [9.17, 15) is 0 Å². The van der Waals surface area contributed by atoms with Crippen LogP contribution >= 0.6 is 0 Å². The molecule has 0 radical (unpaired) electrons. The van der Waals surface area contributed by atoms with Crippen LogP contribution in [0.15, 0.2) is 12.3 Å². The second-order valence-electron chi connectivity index (χ2n) is 6.64. The van der Waals surface area contributed by atoms with Crippen LogP contribution in [-0.2, 0) is 15.9 Å². The van der Waals surface area contributed by atoms with Gasteiger partial charge in [-0.05, 0) is 53.4 Å². The summed E-state index contributed by atoms with van der Waals surface area (Å²) < 4.78 is 12.1. The van der Waals surface area contributed by atoms with Gasteiger partial charge in [0.1, 0.15) is 0 Å². The highest BCUT2D eigenvalue weighted by Gasteiger charge is 2.52. The topological polar surface area (TPSA) is 60.6 Å². The fraction of sp³-hybridized carbons (Fsp3) is 0.643. The molecule has 1 aromatic rings. The maximum atomic E-state index is 6.07. The van der Waals surface area contributed by atoms with E-state index in [1.54, 1.807) is 6.20 Å². The maximum absolute atomic E-state index is 6.07. The first kappa shape index (κ1) is 15.3. The average molecular weight is 277 g/mol. The Labute approximate surface area is 121 Å². The van der Waals surface area contributed by atoms with Crippen molar-refractivity contribution in [2.24, 2.45) is 0 Å². The molecule has 2 N–H and O–H groups in total. The van der Waals surface area contributed by atoms with Crippen LogP contribution in [0, 0.1) is 0 Å². The minimum atomic E-state index is -0.449. The summed E-state index contributed by atoms with van der Waals surface area (Å²) in [4.78, 5) is 6.52. The number of hydrogen-bond acceptors (Lipinski definition) is 5. The number of anilines is 1. The van der Waals surface area contributed by atoms with Crippen LogP contribution in [0.1, 0.15) is 33.3 Å². The highest BCUT2D eigenvalue weighted by atomic mass is 16.7. The fourth-order valence-electron chi connectivity index (χ4n) is 2.17. The molecule has 0 amide bonds. The molecule has 0 bridgehead atoms. The summed E-state index contributed by atoms with van der Waals surface area (Å²) in [5, 5.41) is 0. The first-order valence-corrected chi connectivity index (χ1v) is 6.87. The Morgan fingerprint density at radius 2 is 1.75 bits per heavy atom. The number of pyridine rings is 1. The molecule has 1 aliphatic heterocycles. The zero-order valence-corrected chi connectivity index (χ0v) is 13.2. The Balaban J connectivity index is 2.34. The summed E-state index contributed by atoms with van der Waals surface area (Å²) in [5.41, 5.74) is 7.62. The van der Waals surface area contributed by atoms with Gasteiger partial charge in [-0.25, -0.2) is 0 Å². The van der Waals surface area contributed by atoms with Crippen molar-refractivity contribution in [3.8, 4) is 0 Å². The Bertz CT molecular complexity index is 487. The molecule has 1 fully saturated rings. The minimum absolute atomic E-state index is 0.365. The number of aromatic nitrogens is 1. The molecule has 0 saturated carbocycles. The Hall–Kier alpha value is -1.11. The predicted octanol–water partition coefficient (Wildman–Crippen LogP) is 1.02. The van der Waals surface area contributed by atoms with Gasteiger partial charge in [-0.2, -0.15) is 0 Å². The van der Waals surface area contributed by atoms with Crippen LogP contribution < -0.4 is 11.3 Å². The lowest BCUT2D eigenvalue weighted by Crippen LogP contribution is -2.41. The Morgan fingerprint density at radius 1 is 1.20 bits per heavy atom. The molecule has 0 spiro atoms. The molecule has 5 nitrogen and oxygen atoms in total. The van der Waals surface area contributed by atoms with Crippen LogP contribution in [0.3, 0.4) is 0 Å². The molecule has 2 rings (SSSR count). The van der Waals surface area contributed by atoms with Crippen molar-refractivity contribution in [3.63, 3.8) is 0 Å². The molecule has 1 aromatic heterocycles. The molecular formula is C14H24BN3O2. The number of nitrogens with two attached hydrogens (primary N) is 1. The van der Waals surface area contributed by atoms with Gasteiger partial charge in [0.15, 0.2) is 0 Å². The predicted molar refractivity (Wildman–Crippen MR) is 81.8 cm³/mol. The summed E-state index contributed by atoms with van der Waals surface area (Å²) in [6, 6.07) is 1.94.